The van der Waals surface area contributed by atoms with Gasteiger partial charge in [-0.25, -0.2) is 14.8 Å². The van der Waals surface area contributed by atoms with Gasteiger partial charge in [0.15, 0.2) is 5.82 Å². The number of nitrogens with zero attached hydrogens (tertiary/aromatic N) is 2. The standard InChI is InChI=1S/C17H15N3O4/c1-23-10-3-4-14-9(5-10)8-19-16(20-14)12-6-11(24-2)7-13(15(12)18)17(21)22/h3-8H,18H2,1-2H3,(H,21,22). The molecule has 122 valence electrons. The summed E-state index contributed by atoms with van der Waals surface area (Å²) in [7, 11) is 3.04. The summed E-state index contributed by atoms with van der Waals surface area (Å²) in [6.45, 7) is 0. The fourth-order valence-corrected chi connectivity index (χ4v) is 2.37. The van der Waals surface area contributed by atoms with E-state index in [0.29, 0.717) is 28.4 Å². The highest BCUT2D eigenvalue weighted by Crippen LogP contribution is 2.32. The van der Waals surface area contributed by atoms with Gasteiger partial charge in [-0.1, -0.05) is 0 Å². The number of carboxylic acids is 1. The quantitative estimate of drug-likeness (QED) is 0.710. The predicted molar refractivity (Wildman–Crippen MR) is 89.4 cm³/mol. The van der Waals surface area contributed by atoms with Crippen LogP contribution >= 0.6 is 0 Å². The van der Waals surface area contributed by atoms with E-state index in [1.165, 1.54) is 13.2 Å². The maximum Gasteiger partial charge on any atom is 0.337 e. The smallest absolute Gasteiger partial charge is 0.337 e. The van der Waals surface area contributed by atoms with E-state index in [-0.39, 0.29) is 11.3 Å². The molecule has 0 aliphatic carbocycles. The first-order valence-corrected chi connectivity index (χ1v) is 7.05. The summed E-state index contributed by atoms with van der Waals surface area (Å²) >= 11 is 0. The number of carboxylic acid groups (broad SMARTS) is 1. The van der Waals surface area contributed by atoms with Crippen LogP contribution in [0.15, 0.2) is 36.5 Å². The number of fused-ring (bicyclic) bond motifs is 1. The molecule has 0 saturated carbocycles. The van der Waals surface area contributed by atoms with Crippen LogP contribution in [0.1, 0.15) is 10.4 Å². The van der Waals surface area contributed by atoms with Crippen molar-refractivity contribution in [3.05, 3.63) is 42.1 Å². The average molecular weight is 325 g/mol. The lowest BCUT2D eigenvalue weighted by molar-refractivity contribution is 0.0697. The Morgan fingerprint density at radius 2 is 1.88 bits per heavy atom. The second-order valence-electron chi connectivity index (χ2n) is 5.06. The molecule has 0 amide bonds. The monoisotopic (exact) mass is 325 g/mol. The molecule has 7 nitrogen and oxygen atoms in total. The molecule has 3 N–H and O–H groups in total. The van der Waals surface area contributed by atoms with Crippen molar-refractivity contribution in [1.82, 2.24) is 9.97 Å². The zero-order chi connectivity index (χ0) is 17.3. The molecule has 24 heavy (non-hydrogen) atoms. The molecule has 0 aliphatic rings. The normalized spacial score (nSPS) is 10.6. The van der Waals surface area contributed by atoms with Crippen molar-refractivity contribution in [2.24, 2.45) is 0 Å². The number of aromatic nitrogens is 2. The molecule has 0 fully saturated rings. The predicted octanol–water partition coefficient (Wildman–Crippen LogP) is 2.59. The van der Waals surface area contributed by atoms with Gasteiger partial charge >= 0.3 is 5.97 Å². The van der Waals surface area contributed by atoms with Gasteiger partial charge in [0, 0.05) is 17.1 Å². The van der Waals surface area contributed by atoms with Crippen LogP contribution in [-0.4, -0.2) is 35.3 Å². The molecule has 0 aliphatic heterocycles. The number of methoxy groups -OCH3 is 2. The van der Waals surface area contributed by atoms with Crippen molar-refractivity contribution in [2.45, 2.75) is 0 Å². The van der Waals surface area contributed by atoms with Crippen molar-refractivity contribution in [3.8, 4) is 22.9 Å². The van der Waals surface area contributed by atoms with E-state index in [1.54, 1.807) is 31.5 Å². The number of anilines is 1. The molecule has 2 aromatic carbocycles. The second kappa shape index (κ2) is 6.04. The molecule has 3 aromatic rings. The van der Waals surface area contributed by atoms with Gasteiger partial charge in [0.2, 0.25) is 0 Å². The molecule has 0 atom stereocenters. The molecule has 1 aromatic heterocycles. The second-order valence-corrected chi connectivity index (χ2v) is 5.06. The van der Waals surface area contributed by atoms with Gasteiger partial charge in [-0.3, -0.25) is 0 Å². The average Bonchev–Trinajstić information content (AvgIpc) is 2.60. The number of aromatic carboxylic acids is 1. The van der Waals surface area contributed by atoms with Gasteiger partial charge in [-0.05, 0) is 30.3 Å². The summed E-state index contributed by atoms with van der Waals surface area (Å²) < 4.78 is 10.3. The summed E-state index contributed by atoms with van der Waals surface area (Å²) in [5.74, 6) is 0.257. The number of rotatable bonds is 4. The Hall–Kier alpha value is -3.35. The minimum Gasteiger partial charge on any atom is -0.497 e. The number of carbonyl (C=O) groups is 1. The third-order valence-electron chi connectivity index (χ3n) is 3.65. The van der Waals surface area contributed by atoms with E-state index in [4.69, 9.17) is 15.2 Å². The minimum atomic E-state index is -1.14. The Kier molecular flexibility index (Phi) is 3.91. The Bertz CT molecular complexity index is 941. The Morgan fingerprint density at radius 3 is 2.54 bits per heavy atom. The van der Waals surface area contributed by atoms with Crippen LogP contribution in [0.3, 0.4) is 0 Å². The van der Waals surface area contributed by atoms with Crippen LogP contribution in [-0.2, 0) is 0 Å². The lowest BCUT2D eigenvalue weighted by atomic mass is 10.1. The molecular formula is C17H15N3O4. The zero-order valence-electron chi connectivity index (χ0n) is 13.1. The molecule has 7 heteroatoms. The Balaban J connectivity index is 2.19. The SMILES string of the molecule is COc1cc(C(=O)O)c(N)c(-c2ncc3cc(OC)ccc3n2)c1. The lowest BCUT2D eigenvalue weighted by Crippen LogP contribution is -2.06. The summed E-state index contributed by atoms with van der Waals surface area (Å²) in [5.41, 5.74) is 7.14. The highest BCUT2D eigenvalue weighted by Gasteiger charge is 2.17. The number of nitrogen functional groups attached to an aromatic ring is 1. The van der Waals surface area contributed by atoms with E-state index in [0.717, 1.165) is 5.39 Å². The van der Waals surface area contributed by atoms with E-state index in [2.05, 4.69) is 9.97 Å². The van der Waals surface area contributed by atoms with Crippen LogP contribution in [0, 0.1) is 0 Å². The van der Waals surface area contributed by atoms with Gasteiger partial charge in [0.05, 0.1) is 31.0 Å². The maximum atomic E-state index is 11.4. The van der Waals surface area contributed by atoms with Crippen molar-refractivity contribution in [3.63, 3.8) is 0 Å². The molecular weight excluding hydrogens is 310 g/mol. The first kappa shape index (κ1) is 15.5. The van der Waals surface area contributed by atoms with Crippen molar-refractivity contribution in [2.75, 3.05) is 20.0 Å². The van der Waals surface area contributed by atoms with Gasteiger partial charge < -0.3 is 20.3 Å². The van der Waals surface area contributed by atoms with Crippen molar-refractivity contribution < 1.29 is 19.4 Å². The van der Waals surface area contributed by atoms with Crippen LogP contribution in [0.25, 0.3) is 22.3 Å². The van der Waals surface area contributed by atoms with E-state index >= 15 is 0 Å². The molecule has 0 spiro atoms. The number of ether oxygens (including phenoxy) is 2. The third-order valence-corrected chi connectivity index (χ3v) is 3.65. The zero-order valence-corrected chi connectivity index (χ0v) is 13.1. The van der Waals surface area contributed by atoms with Gasteiger partial charge in [-0.15, -0.1) is 0 Å². The first-order chi connectivity index (χ1) is 11.5. The highest BCUT2D eigenvalue weighted by atomic mass is 16.5. The number of benzene rings is 2. The Labute approximate surface area is 137 Å². The van der Waals surface area contributed by atoms with Crippen LogP contribution in [0.2, 0.25) is 0 Å². The third kappa shape index (κ3) is 2.67. The highest BCUT2D eigenvalue weighted by molar-refractivity contribution is 5.98. The minimum absolute atomic E-state index is 0.0530. The molecule has 1 heterocycles. The fourth-order valence-electron chi connectivity index (χ4n) is 2.37. The first-order valence-electron chi connectivity index (χ1n) is 7.05. The van der Waals surface area contributed by atoms with E-state index < -0.39 is 5.97 Å². The van der Waals surface area contributed by atoms with Gasteiger partial charge in [0.1, 0.15) is 11.5 Å². The molecule has 0 unspecified atom stereocenters. The summed E-state index contributed by atoms with van der Waals surface area (Å²) in [5, 5.41) is 10.1. The van der Waals surface area contributed by atoms with Gasteiger partial charge in [-0.2, -0.15) is 0 Å². The van der Waals surface area contributed by atoms with Crippen LogP contribution in [0.5, 0.6) is 11.5 Å². The summed E-state index contributed by atoms with van der Waals surface area (Å²) in [4.78, 5) is 20.1. The lowest BCUT2D eigenvalue weighted by Gasteiger charge is -2.11. The van der Waals surface area contributed by atoms with Crippen LogP contribution < -0.4 is 15.2 Å². The number of hydrogen-bond acceptors (Lipinski definition) is 6. The molecule has 3 rings (SSSR count). The molecule has 0 radical (unpaired) electrons. The van der Waals surface area contributed by atoms with Gasteiger partial charge in [0.25, 0.3) is 0 Å². The van der Waals surface area contributed by atoms with E-state index in [1.807, 2.05) is 6.07 Å². The largest absolute Gasteiger partial charge is 0.497 e. The number of hydrogen-bond donors (Lipinski definition) is 2. The fraction of sp³-hybridized carbons (Fsp3) is 0.118. The number of nitrogens with two attached hydrogens (primary N) is 1. The maximum absolute atomic E-state index is 11.4. The molecule has 0 saturated heterocycles. The topological polar surface area (TPSA) is 108 Å². The summed E-state index contributed by atoms with van der Waals surface area (Å²) in [6, 6.07) is 8.39. The summed E-state index contributed by atoms with van der Waals surface area (Å²) in [6.07, 6.45) is 1.64. The van der Waals surface area contributed by atoms with Crippen molar-refractivity contribution >= 4 is 22.6 Å². The molecule has 0 bridgehead atoms. The van der Waals surface area contributed by atoms with E-state index in [9.17, 15) is 9.90 Å². The Morgan fingerprint density at radius 1 is 1.12 bits per heavy atom. The van der Waals surface area contributed by atoms with Crippen LogP contribution in [0.4, 0.5) is 5.69 Å². The van der Waals surface area contributed by atoms with Crippen molar-refractivity contribution in [1.29, 1.82) is 0 Å².